The Morgan fingerprint density at radius 1 is 1.43 bits per heavy atom. The fourth-order valence-electron chi connectivity index (χ4n) is 3.79. The van der Waals surface area contributed by atoms with Crippen LogP contribution in [0.3, 0.4) is 0 Å². The molecule has 0 spiro atoms. The van der Waals surface area contributed by atoms with Crippen molar-refractivity contribution in [3.63, 3.8) is 0 Å². The number of nitrogens with two attached hydrogens (primary N) is 1. The molecule has 0 aromatic carbocycles. The number of carbonyl (C=O) groups excluding carboxylic acids is 1. The number of cyclic esters (lactones) is 1. The normalized spacial score (nSPS) is 26.4. The van der Waals surface area contributed by atoms with Crippen LogP contribution in [-0.4, -0.2) is 43.5 Å². The van der Waals surface area contributed by atoms with E-state index in [2.05, 4.69) is 25.9 Å². The van der Waals surface area contributed by atoms with Crippen molar-refractivity contribution in [1.82, 2.24) is 19.3 Å². The van der Waals surface area contributed by atoms with Crippen molar-refractivity contribution in [2.75, 3.05) is 12.3 Å². The number of anilines is 1. The van der Waals surface area contributed by atoms with Crippen molar-refractivity contribution in [3.8, 4) is 0 Å². The second-order valence-corrected chi connectivity index (χ2v) is 7.46. The van der Waals surface area contributed by atoms with Gasteiger partial charge in [0.05, 0.1) is 6.04 Å². The number of nitrogens with zero attached hydrogens (tertiary/aromatic N) is 4. The number of aromatic nitrogens is 3. The molecule has 2 aromatic rings. The van der Waals surface area contributed by atoms with Crippen LogP contribution in [0.1, 0.15) is 38.4 Å². The Balaban J connectivity index is 1.71. The maximum absolute atomic E-state index is 12.2. The van der Waals surface area contributed by atoms with Gasteiger partial charge in [-0.15, -0.1) is 0 Å². The highest BCUT2D eigenvalue weighted by Crippen LogP contribution is 2.40. The molecule has 2 aliphatic heterocycles. The van der Waals surface area contributed by atoms with E-state index in [4.69, 9.17) is 10.5 Å². The van der Waals surface area contributed by atoms with Gasteiger partial charge in [0.2, 0.25) is 0 Å². The molecule has 0 bridgehead atoms. The molecule has 23 heavy (non-hydrogen) atoms. The predicted octanol–water partition coefficient (Wildman–Crippen LogP) is 2.55. The van der Waals surface area contributed by atoms with Gasteiger partial charge in [0.25, 0.3) is 0 Å². The number of hydrogen-bond acceptors (Lipinski definition) is 5. The zero-order valence-corrected chi connectivity index (χ0v) is 14.6. The average molecular weight is 380 g/mol. The van der Waals surface area contributed by atoms with Gasteiger partial charge in [0.15, 0.2) is 5.82 Å². The maximum atomic E-state index is 12.2. The van der Waals surface area contributed by atoms with Crippen molar-refractivity contribution in [1.29, 1.82) is 0 Å². The van der Waals surface area contributed by atoms with E-state index in [1.807, 2.05) is 29.3 Å². The summed E-state index contributed by atoms with van der Waals surface area (Å²) >= 11 is 3.46. The molecule has 2 unspecified atom stereocenters. The molecular formula is C15H18BrN5O2. The van der Waals surface area contributed by atoms with Crippen LogP contribution in [-0.2, 0) is 4.74 Å². The molecule has 0 aliphatic carbocycles. The van der Waals surface area contributed by atoms with Crippen LogP contribution in [0.25, 0.3) is 5.52 Å². The van der Waals surface area contributed by atoms with Gasteiger partial charge in [-0.25, -0.2) is 14.8 Å². The van der Waals surface area contributed by atoms with Crippen molar-refractivity contribution >= 4 is 33.4 Å². The molecule has 2 saturated heterocycles. The summed E-state index contributed by atoms with van der Waals surface area (Å²) < 4.78 is 8.16. The number of rotatable bonds is 1. The van der Waals surface area contributed by atoms with Crippen LogP contribution in [0.2, 0.25) is 0 Å². The third-order valence-corrected chi connectivity index (χ3v) is 5.46. The molecule has 122 valence electrons. The summed E-state index contributed by atoms with van der Waals surface area (Å²) in [5, 5.41) is 0. The molecule has 2 aromatic heterocycles. The summed E-state index contributed by atoms with van der Waals surface area (Å²) in [5.74, 6) is 1.48. The Bertz CT molecular complexity index is 803. The Morgan fingerprint density at radius 3 is 3.00 bits per heavy atom. The van der Waals surface area contributed by atoms with Gasteiger partial charge >= 0.3 is 6.09 Å². The Morgan fingerprint density at radius 2 is 2.22 bits per heavy atom. The number of imidazole rings is 1. The Hall–Kier alpha value is -1.83. The quantitative estimate of drug-likeness (QED) is 0.822. The summed E-state index contributed by atoms with van der Waals surface area (Å²) in [6, 6.07) is 0.132. The van der Waals surface area contributed by atoms with Crippen LogP contribution in [0, 0.1) is 0 Å². The zero-order valence-electron chi connectivity index (χ0n) is 13.0. The SMILES string of the molecule is CC1(C)OC(=O)N2CC(c3nc(Br)c4c(N)nccn34)CCC21. The largest absolute Gasteiger partial charge is 0.441 e. The van der Waals surface area contributed by atoms with Crippen LogP contribution in [0.15, 0.2) is 17.0 Å². The van der Waals surface area contributed by atoms with Gasteiger partial charge in [-0.1, -0.05) is 0 Å². The minimum Gasteiger partial charge on any atom is -0.441 e. The van der Waals surface area contributed by atoms with Crippen LogP contribution < -0.4 is 5.73 Å². The summed E-state index contributed by atoms with van der Waals surface area (Å²) in [7, 11) is 0. The molecule has 2 atom stereocenters. The summed E-state index contributed by atoms with van der Waals surface area (Å²) in [6.45, 7) is 4.56. The number of hydrogen-bond donors (Lipinski definition) is 1. The Labute approximate surface area is 142 Å². The molecule has 2 fully saturated rings. The summed E-state index contributed by atoms with van der Waals surface area (Å²) in [5.41, 5.74) is 6.30. The second kappa shape index (κ2) is 4.83. The van der Waals surface area contributed by atoms with E-state index in [0.29, 0.717) is 17.0 Å². The first kappa shape index (κ1) is 14.7. The second-order valence-electron chi connectivity index (χ2n) is 6.71. The van der Waals surface area contributed by atoms with Gasteiger partial charge in [-0.05, 0) is 42.6 Å². The van der Waals surface area contributed by atoms with Gasteiger partial charge in [-0.2, -0.15) is 0 Å². The zero-order chi connectivity index (χ0) is 16.4. The van der Waals surface area contributed by atoms with E-state index in [-0.39, 0.29) is 18.1 Å². The lowest BCUT2D eigenvalue weighted by Gasteiger charge is -2.36. The molecule has 2 N–H and O–H groups in total. The van der Waals surface area contributed by atoms with Crippen molar-refractivity contribution in [2.24, 2.45) is 0 Å². The van der Waals surface area contributed by atoms with Crippen molar-refractivity contribution in [3.05, 3.63) is 22.8 Å². The van der Waals surface area contributed by atoms with E-state index >= 15 is 0 Å². The first-order valence-corrected chi connectivity index (χ1v) is 8.45. The molecule has 0 saturated carbocycles. The third-order valence-electron chi connectivity index (χ3n) is 4.90. The van der Waals surface area contributed by atoms with Gasteiger partial charge in [0, 0.05) is 24.9 Å². The van der Waals surface area contributed by atoms with E-state index in [1.54, 1.807) is 6.20 Å². The smallest absolute Gasteiger partial charge is 0.410 e. The van der Waals surface area contributed by atoms with E-state index < -0.39 is 5.60 Å². The number of fused-ring (bicyclic) bond motifs is 2. The number of nitrogen functional groups attached to an aromatic ring is 1. The van der Waals surface area contributed by atoms with Crippen LogP contribution in [0.5, 0.6) is 0 Å². The summed E-state index contributed by atoms with van der Waals surface area (Å²) in [6.07, 6.45) is 5.15. The molecule has 4 heterocycles. The number of halogens is 1. The lowest BCUT2D eigenvalue weighted by Crippen LogP contribution is -2.46. The minimum atomic E-state index is -0.425. The average Bonchev–Trinajstić information content (AvgIpc) is 2.95. The highest BCUT2D eigenvalue weighted by Gasteiger charge is 2.50. The fraction of sp³-hybridized carbons (Fsp3) is 0.533. The third kappa shape index (κ3) is 2.11. The minimum absolute atomic E-state index is 0.132. The highest BCUT2D eigenvalue weighted by molar-refractivity contribution is 9.10. The molecule has 8 heteroatoms. The van der Waals surface area contributed by atoms with Gasteiger partial charge < -0.3 is 15.4 Å². The first-order chi connectivity index (χ1) is 10.9. The first-order valence-electron chi connectivity index (χ1n) is 7.66. The van der Waals surface area contributed by atoms with E-state index in [1.165, 1.54) is 0 Å². The van der Waals surface area contributed by atoms with Gasteiger partial charge in [-0.3, -0.25) is 4.40 Å². The molecule has 0 radical (unpaired) electrons. The lowest BCUT2D eigenvalue weighted by atomic mass is 9.86. The predicted molar refractivity (Wildman–Crippen MR) is 88.1 cm³/mol. The molecule has 1 amide bonds. The van der Waals surface area contributed by atoms with E-state index in [9.17, 15) is 4.79 Å². The number of amides is 1. The molecular weight excluding hydrogens is 362 g/mol. The van der Waals surface area contributed by atoms with Crippen molar-refractivity contribution < 1.29 is 9.53 Å². The molecule has 2 aliphatic rings. The topological polar surface area (TPSA) is 85.8 Å². The standard InChI is InChI=1S/C15H18BrN5O2/c1-15(2)9-4-3-8(7-21(9)14(22)23-15)13-19-11(16)10-12(17)18-5-6-20(10)13/h5-6,8-9H,3-4,7H2,1-2H3,(H2,17,18). The monoisotopic (exact) mass is 379 g/mol. The van der Waals surface area contributed by atoms with Crippen LogP contribution in [0.4, 0.5) is 10.6 Å². The van der Waals surface area contributed by atoms with Gasteiger partial charge in [0.1, 0.15) is 21.5 Å². The Kier molecular flexibility index (Phi) is 3.10. The van der Waals surface area contributed by atoms with Crippen LogP contribution >= 0.6 is 15.9 Å². The number of piperidine rings is 1. The highest BCUT2D eigenvalue weighted by atomic mass is 79.9. The molecule has 7 nitrogen and oxygen atoms in total. The summed E-state index contributed by atoms with van der Waals surface area (Å²) in [4.78, 5) is 22.7. The molecule has 4 rings (SSSR count). The lowest BCUT2D eigenvalue weighted by molar-refractivity contribution is 0.0612. The fourth-order valence-corrected chi connectivity index (χ4v) is 4.36. The van der Waals surface area contributed by atoms with E-state index in [0.717, 1.165) is 24.2 Å². The number of carbonyl (C=O) groups is 1. The number of ether oxygens (including phenoxy) is 1. The maximum Gasteiger partial charge on any atom is 0.410 e. The van der Waals surface area contributed by atoms with Crippen molar-refractivity contribution in [2.45, 2.75) is 44.2 Å².